The summed E-state index contributed by atoms with van der Waals surface area (Å²) in [4.78, 5) is 12.4. The molecule has 0 saturated heterocycles. The molecule has 0 aliphatic carbocycles. The molecule has 0 fully saturated rings. The maximum Gasteiger partial charge on any atom is 0.261 e. The zero-order chi connectivity index (χ0) is 25.6. The van der Waals surface area contributed by atoms with E-state index in [1.54, 1.807) is 44.6 Å². The Labute approximate surface area is 210 Å². The van der Waals surface area contributed by atoms with Crippen LogP contribution in [0.1, 0.15) is 24.1 Å². The minimum Gasteiger partial charge on any atom is -0.493 e. The lowest BCUT2D eigenvalue weighted by atomic mass is 10.1. The van der Waals surface area contributed by atoms with Gasteiger partial charge in [-0.2, -0.15) is 0 Å². The lowest BCUT2D eigenvalue weighted by molar-refractivity contribution is -0.123. The summed E-state index contributed by atoms with van der Waals surface area (Å²) in [5, 5.41) is 3.32. The average molecular weight is 519 g/mol. The Kier molecular flexibility index (Phi) is 8.48. The van der Waals surface area contributed by atoms with Gasteiger partial charge in [-0.3, -0.25) is 9.52 Å². The molecule has 35 heavy (non-hydrogen) atoms. The molecule has 0 aliphatic rings. The van der Waals surface area contributed by atoms with E-state index >= 15 is 0 Å². The van der Waals surface area contributed by atoms with Gasteiger partial charge in [0.15, 0.2) is 18.1 Å². The van der Waals surface area contributed by atoms with Crippen LogP contribution in [-0.2, 0) is 14.8 Å². The highest BCUT2D eigenvalue weighted by Gasteiger charge is 2.16. The van der Waals surface area contributed by atoms with E-state index in [2.05, 4.69) is 10.0 Å². The van der Waals surface area contributed by atoms with Crippen LogP contribution >= 0.6 is 11.6 Å². The Bertz CT molecular complexity index is 1300. The average Bonchev–Trinajstić information content (AvgIpc) is 2.84. The summed E-state index contributed by atoms with van der Waals surface area (Å²) < 4.78 is 43.8. The molecule has 0 saturated carbocycles. The van der Waals surface area contributed by atoms with E-state index in [0.717, 1.165) is 11.1 Å². The number of rotatable bonds is 10. The third kappa shape index (κ3) is 6.80. The first-order valence-corrected chi connectivity index (χ1v) is 12.5. The summed E-state index contributed by atoms with van der Waals surface area (Å²) in [6.45, 7) is 3.44. The number of aryl methyl sites for hydroxylation is 1. The molecule has 1 atom stereocenters. The van der Waals surface area contributed by atoms with Gasteiger partial charge < -0.3 is 19.5 Å². The SMILES string of the molecule is COc1ccc([C@@H](C)NC(=O)COc2ccc(S(=O)(=O)Nc3ccc(C)c(Cl)c3)cc2)cc1OC. The number of hydrogen-bond donors (Lipinski definition) is 2. The van der Waals surface area contributed by atoms with E-state index in [-0.39, 0.29) is 23.5 Å². The summed E-state index contributed by atoms with van der Waals surface area (Å²) in [6, 6.07) is 15.8. The highest BCUT2D eigenvalue weighted by Crippen LogP contribution is 2.30. The van der Waals surface area contributed by atoms with Gasteiger partial charge in [-0.15, -0.1) is 0 Å². The third-order valence-electron chi connectivity index (χ3n) is 5.21. The number of anilines is 1. The molecule has 0 radical (unpaired) electrons. The van der Waals surface area contributed by atoms with Gasteiger partial charge >= 0.3 is 0 Å². The maximum absolute atomic E-state index is 12.6. The van der Waals surface area contributed by atoms with Gasteiger partial charge in [-0.1, -0.05) is 23.7 Å². The molecule has 0 bridgehead atoms. The lowest BCUT2D eigenvalue weighted by Crippen LogP contribution is -2.31. The van der Waals surface area contributed by atoms with E-state index < -0.39 is 10.0 Å². The van der Waals surface area contributed by atoms with Crippen molar-refractivity contribution in [3.8, 4) is 17.2 Å². The number of halogens is 1. The van der Waals surface area contributed by atoms with Crippen molar-refractivity contribution in [1.82, 2.24) is 5.32 Å². The summed E-state index contributed by atoms with van der Waals surface area (Å²) in [7, 11) is -0.712. The predicted molar refractivity (Wildman–Crippen MR) is 135 cm³/mol. The predicted octanol–water partition coefficient (Wildman–Crippen LogP) is 4.72. The molecular weight excluding hydrogens is 492 g/mol. The Morgan fingerprint density at radius 2 is 1.66 bits per heavy atom. The number of amides is 1. The standard InChI is InChI=1S/C25H27ClN2O6S/c1-16-5-7-19(14-22(16)26)28-35(30,31)21-10-8-20(9-11-21)34-15-25(29)27-17(2)18-6-12-23(32-3)24(13-18)33-4/h5-14,17,28H,15H2,1-4H3,(H,27,29)/t17-/m1/s1. The Balaban J connectivity index is 1.56. The van der Waals surface area contributed by atoms with Crippen LogP contribution in [0.15, 0.2) is 65.6 Å². The van der Waals surface area contributed by atoms with Gasteiger partial charge in [0.2, 0.25) is 0 Å². The zero-order valence-corrected chi connectivity index (χ0v) is 21.4. The van der Waals surface area contributed by atoms with Gasteiger partial charge in [0, 0.05) is 5.02 Å². The maximum atomic E-state index is 12.6. The second-order valence-corrected chi connectivity index (χ2v) is 9.82. The molecule has 3 rings (SSSR count). The number of benzene rings is 3. The van der Waals surface area contributed by atoms with Crippen molar-refractivity contribution in [2.45, 2.75) is 24.8 Å². The number of carbonyl (C=O) groups excluding carboxylic acids is 1. The second-order valence-electron chi connectivity index (χ2n) is 7.73. The van der Waals surface area contributed by atoms with Gasteiger partial charge in [0.05, 0.1) is 30.8 Å². The molecule has 8 nitrogen and oxygen atoms in total. The number of ether oxygens (including phenoxy) is 3. The Morgan fingerprint density at radius 1 is 0.971 bits per heavy atom. The molecule has 0 heterocycles. The van der Waals surface area contributed by atoms with Crippen molar-refractivity contribution in [2.24, 2.45) is 0 Å². The van der Waals surface area contributed by atoms with E-state index in [1.165, 1.54) is 24.3 Å². The van der Waals surface area contributed by atoms with E-state index in [0.29, 0.717) is 28.0 Å². The van der Waals surface area contributed by atoms with Crippen LogP contribution in [0.5, 0.6) is 17.2 Å². The molecule has 0 aromatic heterocycles. The van der Waals surface area contributed by atoms with E-state index in [9.17, 15) is 13.2 Å². The molecule has 1 amide bonds. The number of nitrogens with one attached hydrogen (secondary N) is 2. The van der Waals surface area contributed by atoms with E-state index in [1.807, 2.05) is 19.9 Å². The van der Waals surface area contributed by atoms with Crippen molar-refractivity contribution in [1.29, 1.82) is 0 Å². The summed E-state index contributed by atoms with van der Waals surface area (Å²) in [6.07, 6.45) is 0. The first kappa shape index (κ1) is 26.2. The van der Waals surface area contributed by atoms with Crippen molar-refractivity contribution in [2.75, 3.05) is 25.5 Å². The monoisotopic (exact) mass is 518 g/mol. The van der Waals surface area contributed by atoms with Crippen molar-refractivity contribution in [3.05, 3.63) is 76.8 Å². The second kappa shape index (κ2) is 11.3. The first-order chi connectivity index (χ1) is 16.6. The summed E-state index contributed by atoms with van der Waals surface area (Å²) in [5.41, 5.74) is 2.05. The first-order valence-electron chi connectivity index (χ1n) is 10.7. The van der Waals surface area contributed by atoms with E-state index in [4.69, 9.17) is 25.8 Å². The van der Waals surface area contributed by atoms with Crippen LogP contribution in [0.3, 0.4) is 0 Å². The molecule has 0 unspecified atom stereocenters. The number of methoxy groups -OCH3 is 2. The quantitative estimate of drug-likeness (QED) is 0.402. The van der Waals surface area contributed by atoms with Crippen molar-refractivity contribution in [3.63, 3.8) is 0 Å². The van der Waals surface area contributed by atoms with Crippen LogP contribution in [0.2, 0.25) is 5.02 Å². The topological polar surface area (TPSA) is 103 Å². The van der Waals surface area contributed by atoms with Crippen molar-refractivity contribution >= 4 is 33.2 Å². The van der Waals surface area contributed by atoms with Crippen molar-refractivity contribution < 1.29 is 27.4 Å². The van der Waals surface area contributed by atoms with Crippen LogP contribution in [0, 0.1) is 6.92 Å². The molecule has 0 spiro atoms. The highest BCUT2D eigenvalue weighted by molar-refractivity contribution is 7.92. The molecule has 3 aromatic rings. The smallest absolute Gasteiger partial charge is 0.261 e. The molecule has 186 valence electrons. The molecule has 3 aromatic carbocycles. The molecule has 2 N–H and O–H groups in total. The third-order valence-corrected chi connectivity index (χ3v) is 7.02. The summed E-state index contributed by atoms with van der Waals surface area (Å²) in [5.74, 6) is 1.19. The lowest BCUT2D eigenvalue weighted by Gasteiger charge is -2.17. The van der Waals surface area contributed by atoms with Crippen LogP contribution in [-0.4, -0.2) is 35.2 Å². The normalized spacial score (nSPS) is 11.9. The van der Waals surface area contributed by atoms with Crippen LogP contribution in [0.4, 0.5) is 5.69 Å². The van der Waals surface area contributed by atoms with Gasteiger partial charge in [-0.25, -0.2) is 8.42 Å². The minimum absolute atomic E-state index is 0.0491. The zero-order valence-electron chi connectivity index (χ0n) is 19.8. The van der Waals surface area contributed by atoms with Crippen LogP contribution < -0.4 is 24.2 Å². The summed E-state index contributed by atoms with van der Waals surface area (Å²) >= 11 is 6.07. The minimum atomic E-state index is -3.81. The van der Waals surface area contributed by atoms with Gasteiger partial charge in [-0.05, 0) is 73.5 Å². The number of carbonyl (C=O) groups is 1. The highest BCUT2D eigenvalue weighted by atomic mass is 35.5. The largest absolute Gasteiger partial charge is 0.493 e. The fourth-order valence-electron chi connectivity index (χ4n) is 3.22. The van der Waals surface area contributed by atoms with Gasteiger partial charge in [0.25, 0.3) is 15.9 Å². The fourth-order valence-corrected chi connectivity index (χ4v) is 4.45. The Hall–Kier alpha value is -3.43. The number of sulfonamides is 1. The van der Waals surface area contributed by atoms with Crippen LogP contribution in [0.25, 0.3) is 0 Å². The van der Waals surface area contributed by atoms with Gasteiger partial charge in [0.1, 0.15) is 5.75 Å². The number of hydrogen-bond acceptors (Lipinski definition) is 6. The molecular formula is C25H27ClN2O6S. The molecule has 10 heteroatoms. The Morgan fingerprint density at radius 3 is 2.29 bits per heavy atom. The fraction of sp³-hybridized carbons (Fsp3) is 0.240. The molecule has 0 aliphatic heterocycles.